The quantitative estimate of drug-likeness (QED) is 0.908. The highest BCUT2D eigenvalue weighted by molar-refractivity contribution is 9.10. The number of hydrogen-bond acceptors (Lipinski definition) is 2. The van der Waals surface area contributed by atoms with E-state index < -0.39 is 0 Å². The molecule has 114 valence electrons. The largest absolute Gasteiger partial charge is 0.341 e. The Morgan fingerprint density at radius 2 is 1.95 bits per heavy atom. The molecule has 1 amide bonds. The highest BCUT2D eigenvalue weighted by atomic mass is 79.9. The van der Waals surface area contributed by atoms with Crippen LogP contribution >= 0.6 is 15.9 Å². The second kappa shape index (κ2) is 6.09. The zero-order chi connectivity index (χ0) is 14.9. The summed E-state index contributed by atoms with van der Waals surface area (Å²) in [6.07, 6.45) is 5.34. The predicted octanol–water partition coefficient (Wildman–Crippen LogP) is 3.08. The molecule has 1 aromatic rings. The van der Waals surface area contributed by atoms with Gasteiger partial charge in [-0.1, -0.05) is 40.9 Å². The summed E-state index contributed by atoms with van der Waals surface area (Å²) in [4.78, 5) is 15.2. The molecule has 1 unspecified atom stereocenters. The molecule has 1 heterocycles. The van der Waals surface area contributed by atoms with Crippen molar-refractivity contribution in [3.05, 3.63) is 34.3 Å². The van der Waals surface area contributed by atoms with Gasteiger partial charge in [-0.05, 0) is 43.5 Å². The molecular formula is C17H23BrN2O. The van der Waals surface area contributed by atoms with Crippen molar-refractivity contribution in [3.8, 4) is 0 Å². The van der Waals surface area contributed by atoms with Crippen LogP contribution in [0.3, 0.4) is 0 Å². The molecule has 0 bridgehead atoms. The molecule has 21 heavy (non-hydrogen) atoms. The molecule has 3 rings (SSSR count). The Hall–Kier alpha value is -0.870. The lowest BCUT2D eigenvalue weighted by atomic mass is 9.77. The monoisotopic (exact) mass is 350 g/mol. The first-order valence-corrected chi connectivity index (χ1v) is 8.67. The van der Waals surface area contributed by atoms with Gasteiger partial charge in [0.2, 0.25) is 5.91 Å². The van der Waals surface area contributed by atoms with Gasteiger partial charge in [0.25, 0.3) is 0 Å². The minimum Gasteiger partial charge on any atom is -0.341 e. The van der Waals surface area contributed by atoms with E-state index in [0.717, 1.165) is 49.7 Å². The standard InChI is InChI=1S/C17H23BrN2O/c1-20(15-8-11-19-12-15)16(21)17(9-2-3-10-17)13-4-6-14(18)7-5-13/h4-7,15,19H,2-3,8-12H2,1H3. The smallest absolute Gasteiger partial charge is 0.233 e. The van der Waals surface area contributed by atoms with Crippen molar-refractivity contribution < 1.29 is 4.79 Å². The molecule has 1 saturated heterocycles. The maximum atomic E-state index is 13.2. The fraction of sp³-hybridized carbons (Fsp3) is 0.588. The summed E-state index contributed by atoms with van der Waals surface area (Å²) in [5.74, 6) is 0.316. The van der Waals surface area contributed by atoms with Gasteiger partial charge in [-0.15, -0.1) is 0 Å². The van der Waals surface area contributed by atoms with E-state index in [1.54, 1.807) is 0 Å². The van der Waals surface area contributed by atoms with Crippen LogP contribution in [0.2, 0.25) is 0 Å². The van der Waals surface area contributed by atoms with Crippen molar-refractivity contribution in [1.29, 1.82) is 0 Å². The zero-order valence-electron chi connectivity index (χ0n) is 12.6. The number of amides is 1. The van der Waals surface area contributed by atoms with Crippen molar-refractivity contribution in [2.24, 2.45) is 0 Å². The van der Waals surface area contributed by atoms with Crippen molar-refractivity contribution >= 4 is 21.8 Å². The van der Waals surface area contributed by atoms with Gasteiger partial charge >= 0.3 is 0 Å². The van der Waals surface area contributed by atoms with Crippen LogP contribution in [0, 0.1) is 0 Å². The molecule has 2 aliphatic rings. The highest BCUT2D eigenvalue weighted by Crippen LogP contribution is 2.43. The highest BCUT2D eigenvalue weighted by Gasteiger charge is 2.45. The SMILES string of the molecule is CN(C(=O)C1(c2ccc(Br)cc2)CCCC1)C1CCNC1. The minimum absolute atomic E-state index is 0.294. The second-order valence-corrected chi connectivity index (χ2v) is 7.27. The van der Waals surface area contributed by atoms with E-state index >= 15 is 0 Å². The summed E-state index contributed by atoms with van der Waals surface area (Å²) < 4.78 is 1.07. The number of nitrogens with zero attached hydrogens (tertiary/aromatic N) is 1. The first-order chi connectivity index (χ1) is 10.1. The molecule has 4 heteroatoms. The second-order valence-electron chi connectivity index (χ2n) is 6.36. The molecule has 3 nitrogen and oxygen atoms in total. The van der Waals surface area contributed by atoms with Crippen LogP contribution in [-0.4, -0.2) is 37.0 Å². The number of halogens is 1. The summed E-state index contributed by atoms with van der Waals surface area (Å²) >= 11 is 3.49. The van der Waals surface area contributed by atoms with Crippen LogP contribution in [0.25, 0.3) is 0 Å². The Labute approximate surface area is 135 Å². The normalized spacial score (nSPS) is 24.2. The first-order valence-electron chi connectivity index (χ1n) is 7.87. The van der Waals surface area contributed by atoms with Crippen LogP contribution in [0.15, 0.2) is 28.7 Å². The molecule has 1 aliphatic heterocycles. The van der Waals surface area contributed by atoms with Crippen LogP contribution in [0.5, 0.6) is 0 Å². The predicted molar refractivity (Wildman–Crippen MR) is 88.3 cm³/mol. The van der Waals surface area contributed by atoms with E-state index in [9.17, 15) is 4.79 Å². The molecule has 1 aromatic carbocycles. The number of carbonyl (C=O) groups is 1. The van der Waals surface area contributed by atoms with Gasteiger partial charge in [-0.3, -0.25) is 4.79 Å². The molecule has 0 radical (unpaired) electrons. The molecule has 0 spiro atoms. The van der Waals surface area contributed by atoms with Gasteiger partial charge in [0, 0.05) is 24.1 Å². The number of nitrogens with one attached hydrogen (secondary N) is 1. The third-order valence-corrected chi connectivity index (χ3v) is 5.69. The fourth-order valence-electron chi connectivity index (χ4n) is 3.85. The van der Waals surface area contributed by atoms with E-state index in [-0.39, 0.29) is 5.41 Å². The number of likely N-dealkylation sites (N-methyl/N-ethyl adjacent to an activating group) is 1. The molecule has 1 atom stereocenters. The van der Waals surface area contributed by atoms with Gasteiger partial charge in [-0.2, -0.15) is 0 Å². The fourth-order valence-corrected chi connectivity index (χ4v) is 4.11. The third-order valence-electron chi connectivity index (χ3n) is 5.17. The summed E-state index contributed by atoms with van der Waals surface area (Å²) in [6.45, 7) is 1.95. The van der Waals surface area contributed by atoms with Crippen molar-refractivity contribution in [1.82, 2.24) is 10.2 Å². The van der Waals surface area contributed by atoms with Gasteiger partial charge < -0.3 is 10.2 Å². The van der Waals surface area contributed by atoms with E-state index in [2.05, 4.69) is 45.5 Å². The summed E-state index contributed by atoms with van der Waals surface area (Å²) in [7, 11) is 1.99. The van der Waals surface area contributed by atoms with Crippen molar-refractivity contribution in [2.45, 2.75) is 43.6 Å². The Kier molecular flexibility index (Phi) is 4.36. The number of benzene rings is 1. The third kappa shape index (κ3) is 2.76. The maximum Gasteiger partial charge on any atom is 0.233 e. The first kappa shape index (κ1) is 15.0. The Balaban J connectivity index is 1.89. The zero-order valence-corrected chi connectivity index (χ0v) is 14.2. The Bertz CT molecular complexity index is 502. The average molecular weight is 351 g/mol. The van der Waals surface area contributed by atoms with Crippen molar-refractivity contribution in [2.75, 3.05) is 20.1 Å². The summed E-state index contributed by atoms with van der Waals surface area (Å²) in [5.41, 5.74) is 0.893. The lowest BCUT2D eigenvalue weighted by Gasteiger charge is -2.35. The molecule has 1 saturated carbocycles. The molecule has 1 aliphatic carbocycles. The van der Waals surface area contributed by atoms with Crippen LogP contribution in [0.4, 0.5) is 0 Å². The average Bonchev–Trinajstić information content (AvgIpc) is 3.18. The number of rotatable bonds is 3. The molecule has 2 fully saturated rings. The van der Waals surface area contributed by atoms with Crippen LogP contribution < -0.4 is 5.32 Å². The van der Waals surface area contributed by atoms with Gasteiger partial charge in [-0.25, -0.2) is 0 Å². The minimum atomic E-state index is -0.294. The van der Waals surface area contributed by atoms with E-state index in [1.165, 1.54) is 5.56 Å². The Morgan fingerprint density at radius 1 is 1.29 bits per heavy atom. The summed E-state index contributed by atoms with van der Waals surface area (Å²) in [5, 5.41) is 3.36. The number of hydrogen-bond donors (Lipinski definition) is 1. The van der Waals surface area contributed by atoms with Gasteiger partial charge in [0.05, 0.1) is 5.41 Å². The van der Waals surface area contributed by atoms with E-state index in [1.807, 2.05) is 11.9 Å². The van der Waals surface area contributed by atoms with Gasteiger partial charge in [0.15, 0.2) is 0 Å². The van der Waals surface area contributed by atoms with Crippen molar-refractivity contribution in [3.63, 3.8) is 0 Å². The van der Waals surface area contributed by atoms with Crippen LogP contribution in [0.1, 0.15) is 37.7 Å². The lowest BCUT2D eigenvalue weighted by molar-refractivity contribution is -0.137. The van der Waals surface area contributed by atoms with Crippen LogP contribution in [-0.2, 0) is 10.2 Å². The van der Waals surface area contributed by atoms with E-state index in [4.69, 9.17) is 0 Å². The molecule has 1 N–H and O–H groups in total. The lowest BCUT2D eigenvalue weighted by Crippen LogP contribution is -2.48. The van der Waals surface area contributed by atoms with Gasteiger partial charge in [0.1, 0.15) is 0 Å². The molecular weight excluding hydrogens is 328 g/mol. The summed E-state index contributed by atoms with van der Waals surface area (Å²) in [6, 6.07) is 8.70. The van der Waals surface area contributed by atoms with E-state index in [0.29, 0.717) is 11.9 Å². The number of carbonyl (C=O) groups excluding carboxylic acids is 1. The molecule has 0 aromatic heterocycles. The Morgan fingerprint density at radius 3 is 2.52 bits per heavy atom. The topological polar surface area (TPSA) is 32.3 Å². The maximum absolute atomic E-state index is 13.2.